The molecular formula is C21H28ClN5O4. The Kier molecular flexibility index (Phi) is 6.36. The van der Waals surface area contributed by atoms with Crippen LogP contribution in [-0.2, 0) is 11.3 Å². The van der Waals surface area contributed by atoms with Crippen molar-refractivity contribution in [1.29, 1.82) is 0 Å². The number of amides is 1. The van der Waals surface area contributed by atoms with E-state index >= 15 is 0 Å². The van der Waals surface area contributed by atoms with Crippen molar-refractivity contribution in [3.8, 4) is 5.88 Å². The Morgan fingerprint density at radius 3 is 2.74 bits per heavy atom. The number of carbonyl (C=O) groups excluding carboxylic acids is 1. The summed E-state index contributed by atoms with van der Waals surface area (Å²) in [6.07, 6.45) is 8.24. The summed E-state index contributed by atoms with van der Waals surface area (Å²) in [5.74, 6) is -0.516. The molecule has 0 aromatic carbocycles. The fourth-order valence-electron chi connectivity index (χ4n) is 4.31. The van der Waals surface area contributed by atoms with Crippen LogP contribution in [0.2, 0.25) is 0 Å². The number of halogens is 1. The lowest BCUT2D eigenvalue weighted by Crippen LogP contribution is -2.35. The Balaban J connectivity index is 0.00000231. The summed E-state index contributed by atoms with van der Waals surface area (Å²) in [7, 11) is 0. The number of nitrogens with one attached hydrogen (secondary N) is 2. The molecule has 0 bridgehead atoms. The molecule has 2 fully saturated rings. The minimum Gasteiger partial charge on any atom is -0.494 e. The van der Waals surface area contributed by atoms with E-state index in [0.717, 1.165) is 49.8 Å². The first kappa shape index (κ1) is 21.9. The van der Waals surface area contributed by atoms with Crippen LogP contribution in [-0.4, -0.2) is 57.5 Å². The molecular weight excluding hydrogens is 422 g/mol. The van der Waals surface area contributed by atoms with E-state index in [-0.39, 0.29) is 35.8 Å². The van der Waals surface area contributed by atoms with E-state index in [0.29, 0.717) is 32.0 Å². The maximum atomic E-state index is 13.1. The zero-order chi connectivity index (χ0) is 20.7. The Bertz CT molecular complexity index is 1070. The van der Waals surface area contributed by atoms with Crippen molar-refractivity contribution in [3.63, 3.8) is 0 Å². The average molecular weight is 450 g/mol. The molecule has 3 aliphatic rings. The van der Waals surface area contributed by atoms with Gasteiger partial charge in [0.25, 0.3) is 11.5 Å². The van der Waals surface area contributed by atoms with Crippen molar-refractivity contribution < 1.29 is 14.6 Å². The molecule has 1 saturated carbocycles. The first-order valence-electron chi connectivity index (χ1n) is 10.8. The predicted octanol–water partition coefficient (Wildman–Crippen LogP) is 1.32. The second-order valence-corrected chi connectivity index (χ2v) is 8.41. The Labute approximate surface area is 185 Å². The SMILES string of the molecule is Cl.O=C(NC1CC1)c1c(O)n(CC2CCOCC2)c2c(C3=CCCNC3)cnn2c1=O. The topological polar surface area (TPSA) is 110 Å². The highest BCUT2D eigenvalue weighted by Crippen LogP contribution is 2.29. The molecule has 1 aliphatic carbocycles. The number of carbonyl (C=O) groups is 1. The summed E-state index contributed by atoms with van der Waals surface area (Å²) >= 11 is 0. The molecule has 0 spiro atoms. The first-order chi connectivity index (χ1) is 14.6. The second kappa shape index (κ2) is 9.02. The Morgan fingerprint density at radius 2 is 2.06 bits per heavy atom. The number of rotatable bonds is 5. The van der Waals surface area contributed by atoms with Crippen LogP contribution in [0.15, 0.2) is 17.1 Å². The molecule has 9 nitrogen and oxygen atoms in total. The summed E-state index contributed by atoms with van der Waals surface area (Å²) in [6, 6.07) is 0.0857. The van der Waals surface area contributed by atoms with Gasteiger partial charge in [0, 0.05) is 37.9 Å². The largest absolute Gasteiger partial charge is 0.494 e. The molecule has 31 heavy (non-hydrogen) atoms. The molecule has 10 heteroatoms. The lowest BCUT2D eigenvalue weighted by atomic mass is 9.99. The summed E-state index contributed by atoms with van der Waals surface area (Å²) in [5, 5.41) is 21.6. The third-order valence-electron chi connectivity index (χ3n) is 6.18. The van der Waals surface area contributed by atoms with E-state index in [1.165, 1.54) is 4.52 Å². The highest BCUT2D eigenvalue weighted by atomic mass is 35.5. The Morgan fingerprint density at radius 1 is 1.29 bits per heavy atom. The summed E-state index contributed by atoms with van der Waals surface area (Å²) in [6.45, 7) is 3.45. The van der Waals surface area contributed by atoms with Crippen LogP contribution in [0.3, 0.4) is 0 Å². The smallest absolute Gasteiger partial charge is 0.291 e. The van der Waals surface area contributed by atoms with Crippen LogP contribution in [0, 0.1) is 5.92 Å². The van der Waals surface area contributed by atoms with Gasteiger partial charge in [-0.2, -0.15) is 9.61 Å². The van der Waals surface area contributed by atoms with Gasteiger partial charge in [-0.15, -0.1) is 12.4 Å². The van der Waals surface area contributed by atoms with Crippen LogP contribution in [0.5, 0.6) is 5.88 Å². The minimum atomic E-state index is -0.584. The van der Waals surface area contributed by atoms with Gasteiger partial charge in [-0.05, 0) is 50.1 Å². The van der Waals surface area contributed by atoms with Crippen molar-refractivity contribution in [2.75, 3.05) is 26.3 Å². The highest BCUT2D eigenvalue weighted by molar-refractivity contribution is 5.97. The number of aromatic nitrogens is 3. The van der Waals surface area contributed by atoms with E-state index in [9.17, 15) is 14.7 Å². The fraction of sp³-hybridized carbons (Fsp3) is 0.571. The highest BCUT2D eigenvalue weighted by Gasteiger charge is 2.31. The van der Waals surface area contributed by atoms with E-state index in [1.807, 2.05) is 0 Å². The van der Waals surface area contributed by atoms with Gasteiger partial charge in [0.15, 0.2) is 5.56 Å². The number of ether oxygens (including phenoxy) is 1. The molecule has 2 aliphatic heterocycles. The maximum absolute atomic E-state index is 13.1. The van der Waals surface area contributed by atoms with Gasteiger partial charge in [0.2, 0.25) is 5.88 Å². The van der Waals surface area contributed by atoms with E-state index in [2.05, 4.69) is 21.8 Å². The van der Waals surface area contributed by atoms with Crippen LogP contribution in [0.1, 0.15) is 48.0 Å². The van der Waals surface area contributed by atoms with Gasteiger partial charge in [-0.25, -0.2) is 0 Å². The van der Waals surface area contributed by atoms with Crippen molar-refractivity contribution in [3.05, 3.63) is 33.8 Å². The van der Waals surface area contributed by atoms with Gasteiger partial charge < -0.3 is 20.5 Å². The van der Waals surface area contributed by atoms with Crippen LogP contribution in [0.25, 0.3) is 11.2 Å². The van der Waals surface area contributed by atoms with Gasteiger partial charge in [-0.1, -0.05) is 6.08 Å². The molecule has 168 valence electrons. The first-order valence-corrected chi connectivity index (χ1v) is 10.8. The number of nitrogens with zero attached hydrogens (tertiary/aromatic N) is 3. The van der Waals surface area contributed by atoms with Crippen molar-refractivity contribution in [2.24, 2.45) is 5.92 Å². The lowest BCUT2D eigenvalue weighted by Gasteiger charge is -2.25. The summed E-state index contributed by atoms with van der Waals surface area (Å²) in [5.41, 5.74) is 1.59. The van der Waals surface area contributed by atoms with Crippen LogP contribution >= 0.6 is 12.4 Å². The lowest BCUT2D eigenvalue weighted by molar-refractivity contribution is 0.0607. The van der Waals surface area contributed by atoms with Gasteiger partial charge >= 0.3 is 0 Å². The summed E-state index contributed by atoms with van der Waals surface area (Å²) < 4.78 is 8.44. The standard InChI is InChI=1S/C21H27N5O4.ClH/c27-18(24-15-3-4-15)17-20(28)25(12-13-5-8-30-9-6-13)19-16(11-23-26(19)21(17)29)14-2-1-7-22-10-14;/h2,11,13,15,22,28H,1,3-10,12H2,(H,24,27);1H. The van der Waals surface area contributed by atoms with E-state index < -0.39 is 11.5 Å². The molecule has 0 atom stereocenters. The third-order valence-corrected chi connectivity index (χ3v) is 6.18. The molecule has 3 N–H and O–H groups in total. The molecule has 1 amide bonds. The van der Waals surface area contributed by atoms with Crippen molar-refractivity contribution in [2.45, 2.75) is 44.7 Å². The van der Waals surface area contributed by atoms with E-state index in [4.69, 9.17) is 4.74 Å². The molecule has 5 rings (SSSR count). The molecule has 0 unspecified atom stereocenters. The van der Waals surface area contributed by atoms with E-state index in [1.54, 1.807) is 10.8 Å². The monoisotopic (exact) mass is 449 g/mol. The second-order valence-electron chi connectivity index (χ2n) is 8.41. The molecule has 0 radical (unpaired) electrons. The zero-order valence-corrected chi connectivity index (χ0v) is 18.1. The minimum absolute atomic E-state index is 0. The average Bonchev–Trinajstić information content (AvgIpc) is 3.46. The van der Waals surface area contributed by atoms with Crippen LogP contribution < -0.4 is 16.2 Å². The van der Waals surface area contributed by atoms with Crippen molar-refractivity contribution >= 4 is 29.5 Å². The Hall–Kier alpha value is -2.36. The quantitative estimate of drug-likeness (QED) is 0.635. The van der Waals surface area contributed by atoms with Gasteiger partial charge in [0.05, 0.1) is 6.20 Å². The normalized spacial score (nSPS) is 19.7. The number of hydrogen-bond donors (Lipinski definition) is 3. The van der Waals surface area contributed by atoms with Crippen LogP contribution in [0.4, 0.5) is 0 Å². The van der Waals surface area contributed by atoms with Gasteiger partial charge in [-0.3, -0.25) is 14.2 Å². The number of fused-ring (bicyclic) bond motifs is 1. The zero-order valence-electron chi connectivity index (χ0n) is 17.3. The van der Waals surface area contributed by atoms with Gasteiger partial charge in [0.1, 0.15) is 5.65 Å². The summed E-state index contributed by atoms with van der Waals surface area (Å²) in [4.78, 5) is 25.9. The fourth-order valence-corrected chi connectivity index (χ4v) is 4.31. The third kappa shape index (κ3) is 4.22. The molecule has 2 aromatic rings. The molecule has 1 saturated heterocycles. The molecule has 4 heterocycles. The number of hydrogen-bond acceptors (Lipinski definition) is 6. The number of aromatic hydroxyl groups is 1. The van der Waals surface area contributed by atoms with Crippen molar-refractivity contribution in [1.82, 2.24) is 24.8 Å². The molecule has 2 aromatic heterocycles. The maximum Gasteiger partial charge on any atom is 0.291 e. The predicted molar refractivity (Wildman–Crippen MR) is 118 cm³/mol.